The van der Waals surface area contributed by atoms with Crippen molar-refractivity contribution in [2.24, 2.45) is 0 Å². The summed E-state index contributed by atoms with van der Waals surface area (Å²) in [5.74, 6) is 1.08. The third kappa shape index (κ3) is 4.85. The van der Waals surface area contributed by atoms with Crippen molar-refractivity contribution in [3.05, 3.63) is 96.8 Å². The Labute approximate surface area is 189 Å². The Morgan fingerprint density at radius 2 is 1.82 bits per heavy atom. The lowest BCUT2D eigenvalue weighted by molar-refractivity contribution is -0.736. The summed E-state index contributed by atoms with van der Waals surface area (Å²) in [5.41, 5.74) is 2.75. The Kier molecular flexibility index (Phi) is 5.71. The lowest BCUT2D eigenvalue weighted by Crippen LogP contribution is -2.38. The second-order valence-corrected chi connectivity index (χ2v) is 7.49. The number of carbonyl (C=O) groups excluding carboxylic acids is 1. The molecule has 5 rings (SSSR count). The Balaban J connectivity index is 1.20. The van der Waals surface area contributed by atoms with E-state index in [0.717, 1.165) is 27.7 Å². The van der Waals surface area contributed by atoms with Crippen LogP contribution in [0, 0.1) is 0 Å². The molecule has 33 heavy (non-hydrogen) atoms. The Morgan fingerprint density at radius 1 is 0.970 bits per heavy atom. The number of carbonyl (C=O) groups is 1. The molecule has 0 radical (unpaired) electrons. The smallest absolute Gasteiger partial charge is 0.332 e. The number of rotatable bonds is 7. The minimum Gasteiger partial charge on any atom is -0.484 e. The molecule has 0 saturated carbocycles. The number of ether oxygens (including phenoxy) is 1. The van der Waals surface area contributed by atoms with Crippen LogP contribution in [0.15, 0.2) is 91.3 Å². The van der Waals surface area contributed by atoms with Crippen LogP contribution in [-0.4, -0.2) is 33.0 Å². The number of anilines is 1. The molecule has 0 spiro atoms. The summed E-state index contributed by atoms with van der Waals surface area (Å²) in [7, 11) is 0. The number of hydrogen-bond acceptors (Lipinski definition) is 5. The fourth-order valence-electron chi connectivity index (χ4n) is 3.52. The number of aromatic amines is 1. The number of pyridine rings is 1. The molecule has 1 amide bonds. The van der Waals surface area contributed by atoms with Gasteiger partial charge in [-0.25, -0.2) is 0 Å². The van der Waals surface area contributed by atoms with E-state index in [1.807, 2.05) is 71.4 Å². The zero-order valence-corrected chi connectivity index (χ0v) is 17.7. The van der Waals surface area contributed by atoms with Gasteiger partial charge in [0.2, 0.25) is 0 Å². The normalized spacial score (nSPS) is 10.8. The average molecular weight is 437 g/mol. The predicted octanol–water partition coefficient (Wildman–Crippen LogP) is 3.37. The maximum absolute atomic E-state index is 12.3. The van der Waals surface area contributed by atoms with Gasteiger partial charge in [0.25, 0.3) is 5.91 Å². The highest BCUT2D eigenvalue weighted by Crippen LogP contribution is 2.20. The highest BCUT2D eigenvalue weighted by atomic mass is 16.5. The zero-order chi connectivity index (χ0) is 22.5. The number of nitrogens with one attached hydrogen (secondary N) is 2. The van der Waals surface area contributed by atoms with Gasteiger partial charge in [-0.05, 0) is 53.4 Å². The van der Waals surface area contributed by atoms with Crippen molar-refractivity contribution in [3.63, 3.8) is 0 Å². The molecule has 0 unspecified atom stereocenters. The van der Waals surface area contributed by atoms with E-state index in [4.69, 9.17) is 4.74 Å². The van der Waals surface area contributed by atoms with Crippen molar-refractivity contribution < 1.29 is 14.2 Å². The summed E-state index contributed by atoms with van der Waals surface area (Å²) in [6.07, 6.45) is 3.51. The Bertz CT molecular complexity index is 1380. The molecule has 8 nitrogen and oxygen atoms in total. The molecule has 0 aliphatic rings. The third-order valence-corrected chi connectivity index (χ3v) is 5.16. The van der Waals surface area contributed by atoms with Gasteiger partial charge in [0, 0.05) is 23.5 Å². The molecule has 2 aromatic heterocycles. The van der Waals surface area contributed by atoms with Gasteiger partial charge in [-0.2, -0.15) is 4.68 Å². The first kappa shape index (κ1) is 20.3. The van der Waals surface area contributed by atoms with Crippen molar-refractivity contribution in [2.75, 3.05) is 11.9 Å². The van der Waals surface area contributed by atoms with E-state index in [9.17, 15) is 4.79 Å². The first-order chi connectivity index (χ1) is 16.2. The van der Waals surface area contributed by atoms with Crippen LogP contribution >= 0.6 is 0 Å². The van der Waals surface area contributed by atoms with Crippen LogP contribution in [-0.2, 0) is 11.3 Å². The molecular weight excluding hydrogens is 416 g/mol. The summed E-state index contributed by atoms with van der Waals surface area (Å²) in [5, 5.41) is 15.9. The van der Waals surface area contributed by atoms with Gasteiger partial charge < -0.3 is 10.1 Å². The summed E-state index contributed by atoms with van der Waals surface area (Å²) in [4.78, 5) is 16.4. The molecule has 0 saturated heterocycles. The zero-order valence-electron chi connectivity index (χ0n) is 17.7. The van der Waals surface area contributed by atoms with Crippen molar-refractivity contribution in [1.29, 1.82) is 0 Å². The van der Waals surface area contributed by atoms with Gasteiger partial charge in [0.1, 0.15) is 17.4 Å². The maximum atomic E-state index is 12.3. The fourth-order valence-corrected chi connectivity index (χ4v) is 3.52. The van der Waals surface area contributed by atoms with Gasteiger partial charge in [0.15, 0.2) is 11.8 Å². The summed E-state index contributed by atoms with van der Waals surface area (Å²) < 4.78 is 7.53. The number of aromatic nitrogens is 5. The van der Waals surface area contributed by atoms with E-state index in [1.54, 1.807) is 12.4 Å². The molecular formula is C25H21N6O2+. The highest BCUT2D eigenvalue weighted by molar-refractivity contribution is 5.95. The van der Waals surface area contributed by atoms with E-state index in [0.29, 0.717) is 18.0 Å². The molecule has 0 aliphatic carbocycles. The van der Waals surface area contributed by atoms with Crippen LogP contribution in [0.2, 0.25) is 0 Å². The number of amides is 1. The average Bonchev–Trinajstić information content (AvgIpc) is 3.32. The number of nitrogens with zero attached hydrogens (tertiary/aromatic N) is 4. The monoisotopic (exact) mass is 437 g/mol. The quantitative estimate of drug-likeness (QED) is 0.381. The summed E-state index contributed by atoms with van der Waals surface area (Å²) in [6.45, 7) is 0.540. The van der Waals surface area contributed by atoms with Gasteiger partial charge >= 0.3 is 5.82 Å². The third-order valence-electron chi connectivity index (χ3n) is 5.16. The largest absolute Gasteiger partial charge is 0.484 e. The SMILES string of the molecule is O=C(COc1ccc(-c2nn[nH][n+]2Cc2ccccc2)cc1)Nc1ccc2cnccc2c1. The number of hydrogen-bond donors (Lipinski definition) is 2. The first-order valence-corrected chi connectivity index (χ1v) is 10.5. The van der Waals surface area contributed by atoms with Crippen molar-refractivity contribution in [1.82, 2.24) is 20.5 Å². The van der Waals surface area contributed by atoms with Gasteiger partial charge in [0.05, 0.1) is 5.56 Å². The van der Waals surface area contributed by atoms with E-state index >= 15 is 0 Å². The van der Waals surface area contributed by atoms with E-state index in [1.165, 1.54) is 0 Å². The van der Waals surface area contributed by atoms with Crippen molar-refractivity contribution in [2.45, 2.75) is 6.54 Å². The highest BCUT2D eigenvalue weighted by Gasteiger charge is 2.17. The first-order valence-electron chi connectivity index (χ1n) is 10.5. The van der Waals surface area contributed by atoms with Crippen LogP contribution in [0.4, 0.5) is 5.69 Å². The topological polar surface area (TPSA) is 96.7 Å². The maximum Gasteiger partial charge on any atom is 0.332 e. The number of H-pyrrole nitrogens is 1. The van der Waals surface area contributed by atoms with Gasteiger partial charge in [-0.3, -0.25) is 9.78 Å². The summed E-state index contributed by atoms with van der Waals surface area (Å²) in [6, 6.07) is 25.1. The van der Waals surface area contributed by atoms with Crippen LogP contribution in [0.25, 0.3) is 22.2 Å². The molecule has 8 heteroatoms. The molecule has 0 atom stereocenters. The molecule has 3 aromatic carbocycles. The van der Waals surface area contributed by atoms with Crippen molar-refractivity contribution in [3.8, 4) is 17.1 Å². The van der Waals surface area contributed by atoms with Crippen LogP contribution in [0.3, 0.4) is 0 Å². The van der Waals surface area contributed by atoms with E-state index in [2.05, 4.69) is 38.0 Å². The minimum absolute atomic E-state index is 0.0916. The molecule has 2 N–H and O–H groups in total. The second-order valence-electron chi connectivity index (χ2n) is 7.49. The number of tetrazole rings is 1. The van der Waals surface area contributed by atoms with Gasteiger partial charge in [-0.1, -0.05) is 41.6 Å². The summed E-state index contributed by atoms with van der Waals surface area (Å²) >= 11 is 0. The van der Waals surface area contributed by atoms with Gasteiger partial charge in [-0.15, -0.1) is 0 Å². The molecule has 162 valence electrons. The van der Waals surface area contributed by atoms with E-state index < -0.39 is 0 Å². The molecule has 0 aliphatic heterocycles. The van der Waals surface area contributed by atoms with Crippen LogP contribution < -0.4 is 14.7 Å². The van der Waals surface area contributed by atoms with E-state index in [-0.39, 0.29) is 12.5 Å². The Hall–Kier alpha value is -4.59. The lowest BCUT2D eigenvalue weighted by Gasteiger charge is -2.08. The Morgan fingerprint density at radius 3 is 2.67 bits per heavy atom. The van der Waals surface area contributed by atoms with Crippen LogP contribution in [0.1, 0.15) is 5.56 Å². The predicted molar refractivity (Wildman–Crippen MR) is 123 cm³/mol. The standard InChI is InChI=1S/C25H20N6O2/c32-24(27-22-9-6-21-15-26-13-12-20(21)14-22)17-33-23-10-7-19(8-11-23)25-28-29-30-31(25)16-18-4-2-1-3-5-18/h1-15H,16-17H2,(H,26,27,32)/p+1. The van der Waals surface area contributed by atoms with Crippen molar-refractivity contribution >= 4 is 22.4 Å². The molecule has 2 heterocycles. The van der Waals surface area contributed by atoms with Crippen LogP contribution in [0.5, 0.6) is 5.75 Å². The number of fused-ring (bicyclic) bond motifs is 1. The second kappa shape index (κ2) is 9.27. The molecule has 0 fully saturated rings. The molecule has 0 bridgehead atoms. The molecule has 5 aromatic rings. The lowest BCUT2D eigenvalue weighted by atomic mass is 10.1. The fraction of sp³-hybridized carbons (Fsp3) is 0.0800. The number of benzene rings is 3. The minimum atomic E-state index is -0.232.